The Morgan fingerprint density at radius 3 is 2.69 bits per heavy atom. The summed E-state index contributed by atoms with van der Waals surface area (Å²) in [6.07, 6.45) is -3.74. The highest BCUT2D eigenvalue weighted by atomic mass is 35.5. The van der Waals surface area contributed by atoms with Crippen LogP contribution in [0.25, 0.3) is 10.9 Å². The van der Waals surface area contributed by atoms with Gasteiger partial charge in [0.2, 0.25) is 0 Å². The van der Waals surface area contributed by atoms with Crippen molar-refractivity contribution in [3.05, 3.63) is 63.4 Å². The number of nitrogens with one attached hydrogen (secondary N) is 1. The molecule has 0 aliphatic carbocycles. The molecule has 10 heteroatoms. The molecule has 1 aliphatic heterocycles. The van der Waals surface area contributed by atoms with Crippen molar-refractivity contribution >= 4 is 34.2 Å². The molecule has 3 N–H and O–H groups in total. The molecule has 0 unspecified atom stereocenters. The number of fused-ring (bicyclic) bond motifs is 3. The maximum absolute atomic E-state index is 12.6. The van der Waals surface area contributed by atoms with Crippen LogP contribution >= 0.6 is 11.6 Å². The molecular weight excluding hydrogens is 409 g/mol. The molecule has 0 saturated heterocycles. The second-order valence-electron chi connectivity index (χ2n) is 6.51. The summed E-state index contributed by atoms with van der Waals surface area (Å²) < 4.78 is 43.2. The van der Waals surface area contributed by atoms with Crippen molar-refractivity contribution < 1.29 is 22.7 Å². The Kier molecular flexibility index (Phi) is 4.79. The topological polar surface area (TPSA) is 90.1 Å². The van der Waals surface area contributed by atoms with Crippen LogP contribution in [0.2, 0.25) is 5.02 Å². The molecule has 0 fully saturated rings. The van der Waals surface area contributed by atoms with E-state index in [1.54, 1.807) is 12.1 Å². The third-order valence-corrected chi connectivity index (χ3v) is 4.96. The van der Waals surface area contributed by atoms with Gasteiger partial charge in [-0.25, -0.2) is 4.98 Å². The number of nitrogens with two attached hydrogens (primary N) is 1. The number of nitrogens with zero attached hydrogens (tertiary/aromatic N) is 2. The molecule has 29 heavy (non-hydrogen) atoms. The molecule has 3 heterocycles. The first-order valence-corrected chi connectivity index (χ1v) is 8.90. The van der Waals surface area contributed by atoms with Crippen molar-refractivity contribution in [1.29, 1.82) is 0 Å². The van der Waals surface area contributed by atoms with Crippen molar-refractivity contribution in [2.24, 2.45) is 0 Å². The number of aromatic nitrogens is 2. The number of carbonyl (C=O) groups excluding carboxylic acids is 1. The van der Waals surface area contributed by atoms with E-state index in [0.29, 0.717) is 29.9 Å². The number of hydrogen-bond donors (Lipinski definition) is 2. The Morgan fingerprint density at radius 1 is 1.24 bits per heavy atom. The molecule has 0 saturated carbocycles. The lowest BCUT2D eigenvalue weighted by molar-refractivity contribution is -0.137. The van der Waals surface area contributed by atoms with Gasteiger partial charge in [-0.05, 0) is 29.8 Å². The number of amides is 1. The molecule has 4 rings (SSSR count). The van der Waals surface area contributed by atoms with E-state index in [1.165, 1.54) is 6.07 Å². The second kappa shape index (κ2) is 7.16. The van der Waals surface area contributed by atoms with Gasteiger partial charge in [-0.1, -0.05) is 11.6 Å². The van der Waals surface area contributed by atoms with Crippen LogP contribution in [0.3, 0.4) is 0 Å². The highest BCUT2D eigenvalue weighted by Crippen LogP contribution is 2.34. The van der Waals surface area contributed by atoms with Gasteiger partial charge in [-0.15, -0.1) is 0 Å². The lowest BCUT2D eigenvalue weighted by atomic mass is 10.0. The van der Waals surface area contributed by atoms with E-state index < -0.39 is 17.6 Å². The lowest BCUT2D eigenvalue weighted by Gasteiger charge is -2.11. The minimum atomic E-state index is -4.46. The lowest BCUT2D eigenvalue weighted by Crippen LogP contribution is -2.24. The van der Waals surface area contributed by atoms with E-state index >= 15 is 0 Å². The first-order chi connectivity index (χ1) is 13.7. The average molecular weight is 423 g/mol. The highest BCUT2D eigenvalue weighted by molar-refractivity contribution is 6.34. The van der Waals surface area contributed by atoms with Gasteiger partial charge in [0.1, 0.15) is 5.82 Å². The number of anilines is 1. The number of hydrogen-bond acceptors (Lipinski definition) is 5. The van der Waals surface area contributed by atoms with Gasteiger partial charge in [-0.3, -0.25) is 9.78 Å². The smallest absolute Gasteiger partial charge is 0.383 e. The second-order valence-corrected chi connectivity index (χ2v) is 6.92. The Bertz CT molecular complexity index is 1120. The van der Waals surface area contributed by atoms with Gasteiger partial charge in [0.15, 0.2) is 0 Å². The summed E-state index contributed by atoms with van der Waals surface area (Å²) >= 11 is 6.24. The summed E-state index contributed by atoms with van der Waals surface area (Å²) in [4.78, 5) is 20.6. The molecule has 1 aromatic carbocycles. The number of rotatable bonds is 3. The quantitative estimate of drug-likeness (QED) is 0.669. The van der Waals surface area contributed by atoms with Gasteiger partial charge in [0.25, 0.3) is 5.91 Å². The minimum absolute atomic E-state index is 0.0491. The Morgan fingerprint density at radius 2 is 2.00 bits per heavy atom. The number of alkyl halides is 3. The van der Waals surface area contributed by atoms with Gasteiger partial charge >= 0.3 is 6.18 Å². The molecule has 0 radical (unpaired) electrons. The maximum Gasteiger partial charge on any atom is 0.417 e. The van der Waals surface area contributed by atoms with Crippen LogP contribution in [0.15, 0.2) is 30.5 Å². The summed E-state index contributed by atoms with van der Waals surface area (Å²) in [5, 5.41) is 3.51. The molecule has 0 bridgehead atoms. The fourth-order valence-corrected chi connectivity index (χ4v) is 3.37. The van der Waals surface area contributed by atoms with Crippen molar-refractivity contribution in [2.45, 2.75) is 25.9 Å². The molecule has 2 aromatic heterocycles. The van der Waals surface area contributed by atoms with E-state index in [-0.39, 0.29) is 22.8 Å². The normalized spacial score (nSPS) is 13.5. The first kappa shape index (κ1) is 19.4. The van der Waals surface area contributed by atoms with Crippen LogP contribution in [-0.4, -0.2) is 15.9 Å². The molecule has 3 aromatic rings. The number of ether oxygens (including phenoxy) is 1. The van der Waals surface area contributed by atoms with Gasteiger partial charge in [0.05, 0.1) is 47.1 Å². The van der Waals surface area contributed by atoms with Crippen molar-refractivity contribution in [3.8, 4) is 0 Å². The minimum Gasteiger partial charge on any atom is -0.383 e. The van der Waals surface area contributed by atoms with Gasteiger partial charge in [-0.2, -0.15) is 13.2 Å². The van der Waals surface area contributed by atoms with Crippen LogP contribution in [0, 0.1) is 0 Å². The van der Waals surface area contributed by atoms with E-state index in [4.69, 9.17) is 22.1 Å². The molecule has 6 nitrogen and oxygen atoms in total. The summed E-state index contributed by atoms with van der Waals surface area (Å²) in [5.74, 6) is -0.116. The number of carbonyl (C=O) groups is 1. The van der Waals surface area contributed by atoms with E-state index in [9.17, 15) is 18.0 Å². The Balaban J connectivity index is 1.57. The highest BCUT2D eigenvalue weighted by Gasteiger charge is 2.30. The third-order valence-electron chi connectivity index (χ3n) is 4.64. The standard InChI is InChI=1S/C19H14ClF3N4O2/c20-15-4-16-11(13-7-29-8-14(13)17(24)27-16)3-12(15)18(28)26-6-10-2-1-9(5-25-10)19(21,22)23/h1-5H,6-8H2,(H2,24,27)(H,26,28). The SMILES string of the molecule is Nc1nc2cc(Cl)c(C(=O)NCc3ccc(C(F)(F)F)cn3)cc2c2c1COC2. The monoisotopic (exact) mass is 422 g/mol. The van der Waals surface area contributed by atoms with Gasteiger partial charge in [0, 0.05) is 17.1 Å². The molecule has 1 aliphatic rings. The molecule has 0 atom stereocenters. The van der Waals surface area contributed by atoms with Crippen LogP contribution in [0.1, 0.15) is 32.7 Å². The molecule has 150 valence electrons. The number of benzene rings is 1. The van der Waals surface area contributed by atoms with Crippen molar-refractivity contribution in [3.63, 3.8) is 0 Å². The Hall–Kier alpha value is -2.91. The van der Waals surface area contributed by atoms with E-state index in [0.717, 1.165) is 23.4 Å². The average Bonchev–Trinajstić information content (AvgIpc) is 3.16. The van der Waals surface area contributed by atoms with Crippen molar-refractivity contribution in [2.75, 3.05) is 5.73 Å². The van der Waals surface area contributed by atoms with Crippen molar-refractivity contribution in [1.82, 2.24) is 15.3 Å². The fraction of sp³-hybridized carbons (Fsp3) is 0.211. The predicted molar refractivity (Wildman–Crippen MR) is 100 cm³/mol. The zero-order valence-electron chi connectivity index (χ0n) is 14.8. The predicted octanol–water partition coefficient (Wildman–Crippen LogP) is 3.84. The van der Waals surface area contributed by atoms with Gasteiger partial charge < -0.3 is 15.8 Å². The summed E-state index contributed by atoms with van der Waals surface area (Å²) in [7, 11) is 0. The van der Waals surface area contributed by atoms with E-state index in [1.807, 2.05) is 0 Å². The zero-order chi connectivity index (χ0) is 20.8. The molecule has 1 amide bonds. The number of pyridine rings is 2. The van der Waals surface area contributed by atoms with Crippen LogP contribution < -0.4 is 11.1 Å². The summed E-state index contributed by atoms with van der Waals surface area (Å²) in [5.41, 5.74) is 7.80. The third kappa shape index (κ3) is 3.70. The first-order valence-electron chi connectivity index (χ1n) is 8.52. The summed E-state index contributed by atoms with van der Waals surface area (Å²) in [6.45, 7) is 0.664. The van der Waals surface area contributed by atoms with Crippen LogP contribution in [0.4, 0.5) is 19.0 Å². The number of nitrogen functional groups attached to an aromatic ring is 1. The van der Waals surface area contributed by atoms with E-state index in [2.05, 4.69) is 15.3 Å². The molecular formula is C19H14ClF3N4O2. The fourth-order valence-electron chi connectivity index (χ4n) is 3.13. The van der Waals surface area contributed by atoms with Crippen LogP contribution in [0.5, 0.6) is 0 Å². The van der Waals surface area contributed by atoms with Crippen LogP contribution in [-0.2, 0) is 30.7 Å². The summed E-state index contributed by atoms with van der Waals surface area (Å²) in [6, 6.07) is 5.29. The Labute approximate surface area is 167 Å². The largest absolute Gasteiger partial charge is 0.417 e. The number of halogens is 4. The maximum atomic E-state index is 12.6. The molecule has 0 spiro atoms. The zero-order valence-corrected chi connectivity index (χ0v) is 15.6.